The second-order valence-electron chi connectivity index (χ2n) is 5.06. The molecule has 0 N–H and O–H groups in total. The van der Waals surface area contributed by atoms with Crippen LogP contribution in [0, 0.1) is 6.92 Å². The van der Waals surface area contributed by atoms with Crippen LogP contribution < -0.4 is 14.2 Å². The van der Waals surface area contributed by atoms with Gasteiger partial charge in [-0.1, -0.05) is 30.9 Å². The third kappa shape index (κ3) is 4.07. The third-order valence-corrected chi connectivity index (χ3v) is 3.28. The second kappa shape index (κ2) is 7.98. The number of benzene rings is 2. The fraction of sp³-hybridized carbons (Fsp3) is 0.105. The van der Waals surface area contributed by atoms with Crippen molar-refractivity contribution in [3.05, 3.63) is 55.1 Å². The van der Waals surface area contributed by atoms with E-state index in [1.807, 2.05) is 6.92 Å². The van der Waals surface area contributed by atoms with Crippen molar-refractivity contribution in [2.45, 2.75) is 6.92 Å². The summed E-state index contributed by atoms with van der Waals surface area (Å²) in [7, 11) is 1.16. The summed E-state index contributed by atoms with van der Waals surface area (Å²) in [4.78, 5) is 34.9. The summed E-state index contributed by atoms with van der Waals surface area (Å²) in [6, 6.07) is 6.38. The molecule has 0 bridgehead atoms. The van der Waals surface area contributed by atoms with Gasteiger partial charge < -0.3 is 18.9 Å². The molecule has 0 saturated heterocycles. The van der Waals surface area contributed by atoms with E-state index in [2.05, 4.69) is 17.9 Å². The summed E-state index contributed by atoms with van der Waals surface area (Å²) in [6.07, 6.45) is 0.960. The first kappa shape index (κ1) is 18.7. The molecule has 0 unspecified atom stereocenters. The molecule has 2 aromatic carbocycles. The summed E-state index contributed by atoms with van der Waals surface area (Å²) in [6.45, 7) is 8.49. The van der Waals surface area contributed by atoms with Crippen LogP contribution in [0.4, 0.5) is 4.79 Å². The Bertz CT molecular complexity index is 912. The maximum Gasteiger partial charge on any atom is 0.513 e. The molecule has 0 radical (unpaired) electrons. The number of hydrogen-bond acceptors (Lipinski definition) is 7. The Labute approximate surface area is 149 Å². The molecule has 7 nitrogen and oxygen atoms in total. The average Bonchev–Trinajstić information content (AvgIpc) is 2.63. The number of carbonyl (C=O) groups is 3. The zero-order chi connectivity index (χ0) is 19.3. The van der Waals surface area contributed by atoms with Gasteiger partial charge >= 0.3 is 18.1 Å². The summed E-state index contributed by atoms with van der Waals surface area (Å²) >= 11 is 0. The minimum atomic E-state index is -0.954. The van der Waals surface area contributed by atoms with Crippen molar-refractivity contribution in [2.24, 2.45) is 0 Å². The van der Waals surface area contributed by atoms with E-state index in [0.717, 1.165) is 24.8 Å². The summed E-state index contributed by atoms with van der Waals surface area (Å²) in [5.74, 6) is -1.60. The van der Waals surface area contributed by atoms with Gasteiger partial charge in [0, 0.05) is 29.0 Å². The van der Waals surface area contributed by atoms with E-state index in [9.17, 15) is 14.4 Å². The van der Waals surface area contributed by atoms with Crippen LogP contribution in [0.5, 0.6) is 17.2 Å². The second-order valence-corrected chi connectivity index (χ2v) is 5.06. The first-order chi connectivity index (χ1) is 12.4. The first-order valence-electron chi connectivity index (χ1n) is 7.41. The maximum absolute atomic E-state index is 11.7. The Balaban J connectivity index is 2.76. The Morgan fingerprint density at radius 2 is 1.54 bits per heavy atom. The third-order valence-electron chi connectivity index (χ3n) is 3.28. The molecule has 7 heteroatoms. The molecule has 0 aliphatic carbocycles. The van der Waals surface area contributed by atoms with Gasteiger partial charge in [-0.15, -0.1) is 0 Å². The SMILES string of the molecule is C=CC(=O)Oc1cc(OC(=O)OC)c2cc(C)ccc2c1OC(=O)C=C. The van der Waals surface area contributed by atoms with Crippen LogP contribution in [0.1, 0.15) is 5.56 Å². The Kier molecular flexibility index (Phi) is 5.74. The summed E-state index contributed by atoms with van der Waals surface area (Å²) < 4.78 is 20.0. The normalized spacial score (nSPS) is 9.92. The topological polar surface area (TPSA) is 88.1 Å². The molecular formula is C19H16O7. The Hall–Kier alpha value is -3.61. The molecule has 2 aromatic rings. The molecular weight excluding hydrogens is 340 g/mol. The van der Waals surface area contributed by atoms with Crippen molar-refractivity contribution in [2.75, 3.05) is 7.11 Å². The van der Waals surface area contributed by atoms with Crippen molar-refractivity contribution < 1.29 is 33.3 Å². The molecule has 0 amide bonds. The Morgan fingerprint density at radius 1 is 0.885 bits per heavy atom. The number of fused-ring (bicyclic) bond motifs is 1. The van der Waals surface area contributed by atoms with Gasteiger partial charge in [-0.05, 0) is 13.0 Å². The number of methoxy groups -OCH3 is 1. The van der Waals surface area contributed by atoms with Gasteiger partial charge in [0.1, 0.15) is 5.75 Å². The molecule has 0 aliphatic heterocycles. The minimum Gasteiger partial charge on any atom is -0.437 e. The van der Waals surface area contributed by atoms with E-state index in [4.69, 9.17) is 14.2 Å². The zero-order valence-corrected chi connectivity index (χ0v) is 14.2. The standard InChI is InChI=1S/C19H16O7/c1-5-16(20)24-15-10-14(25-19(22)23-4)13-9-11(3)7-8-12(13)18(15)26-17(21)6-2/h5-10H,1-2H2,3-4H3. The number of rotatable bonds is 5. The van der Waals surface area contributed by atoms with E-state index >= 15 is 0 Å². The number of carbonyl (C=O) groups excluding carboxylic acids is 3. The molecule has 0 spiro atoms. The van der Waals surface area contributed by atoms with Crippen LogP contribution in [-0.4, -0.2) is 25.2 Å². The number of ether oxygens (including phenoxy) is 4. The lowest BCUT2D eigenvalue weighted by molar-refractivity contribution is -0.131. The summed E-state index contributed by atoms with van der Waals surface area (Å²) in [5.41, 5.74) is 0.865. The van der Waals surface area contributed by atoms with Gasteiger partial charge in [0.15, 0.2) is 11.5 Å². The molecule has 0 fully saturated rings. The van der Waals surface area contributed by atoms with Gasteiger partial charge in [-0.2, -0.15) is 0 Å². The van der Waals surface area contributed by atoms with Crippen LogP contribution in [0.2, 0.25) is 0 Å². The molecule has 0 heterocycles. The van der Waals surface area contributed by atoms with Gasteiger partial charge in [0.25, 0.3) is 0 Å². The van der Waals surface area contributed by atoms with Gasteiger partial charge in [0.05, 0.1) is 7.11 Å². The van der Waals surface area contributed by atoms with Gasteiger partial charge in [-0.25, -0.2) is 14.4 Å². The van der Waals surface area contributed by atoms with Crippen LogP contribution in [0.15, 0.2) is 49.6 Å². The lowest BCUT2D eigenvalue weighted by Gasteiger charge is -2.15. The number of aryl methyl sites for hydroxylation is 1. The number of hydrogen-bond donors (Lipinski definition) is 0. The Morgan fingerprint density at radius 3 is 2.15 bits per heavy atom. The quantitative estimate of drug-likeness (QED) is 0.351. The molecule has 0 aromatic heterocycles. The maximum atomic E-state index is 11.7. The minimum absolute atomic E-state index is 0.0164. The van der Waals surface area contributed by atoms with E-state index in [1.54, 1.807) is 18.2 Å². The predicted octanol–water partition coefficient (Wildman–Crippen LogP) is 3.48. The van der Waals surface area contributed by atoms with E-state index in [-0.39, 0.29) is 17.2 Å². The molecule has 0 atom stereocenters. The molecule has 0 saturated carbocycles. The highest BCUT2D eigenvalue weighted by atomic mass is 16.7. The van der Waals surface area contributed by atoms with Crippen LogP contribution in [-0.2, 0) is 14.3 Å². The van der Waals surface area contributed by atoms with E-state index in [1.165, 1.54) is 6.07 Å². The van der Waals surface area contributed by atoms with Crippen LogP contribution in [0.3, 0.4) is 0 Å². The van der Waals surface area contributed by atoms with Crippen molar-refractivity contribution in [1.29, 1.82) is 0 Å². The highest BCUT2D eigenvalue weighted by Crippen LogP contribution is 2.42. The number of esters is 2. The van der Waals surface area contributed by atoms with E-state index < -0.39 is 18.1 Å². The highest BCUT2D eigenvalue weighted by Gasteiger charge is 2.21. The lowest BCUT2D eigenvalue weighted by atomic mass is 10.0. The van der Waals surface area contributed by atoms with Gasteiger partial charge in [0.2, 0.25) is 0 Å². The van der Waals surface area contributed by atoms with Crippen molar-refractivity contribution >= 4 is 28.9 Å². The molecule has 2 rings (SSSR count). The monoisotopic (exact) mass is 356 g/mol. The highest BCUT2D eigenvalue weighted by molar-refractivity contribution is 6.00. The molecule has 0 aliphatic rings. The van der Waals surface area contributed by atoms with Crippen molar-refractivity contribution in [3.8, 4) is 17.2 Å². The van der Waals surface area contributed by atoms with Crippen LogP contribution in [0.25, 0.3) is 10.8 Å². The lowest BCUT2D eigenvalue weighted by Crippen LogP contribution is -2.11. The van der Waals surface area contributed by atoms with Crippen LogP contribution >= 0.6 is 0 Å². The smallest absolute Gasteiger partial charge is 0.437 e. The summed E-state index contributed by atoms with van der Waals surface area (Å²) in [5, 5.41) is 0.847. The fourth-order valence-electron chi connectivity index (χ4n) is 2.14. The molecule has 26 heavy (non-hydrogen) atoms. The van der Waals surface area contributed by atoms with E-state index in [0.29, 0.717) is 10.8 Å². The van der Waals surface area contributed by atoms with Gasteiger partial charge in [-0.3, -0.25) is 0 Å². The largest absolute Gasteiger partial charge is 0.513 e. The van der Waals surface area contributed by atoms with Crippen molar-refractivity contribution in [1.82, 2.24) is 0 Å². The predicted molar refractivity (Wildman–Crippen MR) is 93.4 cm³/mol. The fourth-order valence-corrected chi connectivity index (χ4v) is 2.14. The molecule has 134 valence electrons. The van der Waals surface area contributed by atoms with Crippen molar-refractivity contribution in [3.63, 3.8) is 0 Å². The first-order valence-corrected chi connectivity index (χ1v) is 7.41. The average molecular weight is 356 g/mol. The zero-order valence-electron chi connectivity index (χ0n) is 14.2.